The second-order valence-corrected chi connectivity index (χ2v) is 6.83. The number of aromatic nitrogens is 3. The van der Waals surface area contributed by atoms with Crippen LogP contribution in [0.1, 0.15) is 5.56 Å². The number of methoxy groups -OCH3 is 1. The van der Waals surface area contributed by atoms with Gasteiger partial charge in [-0.05, 0) is 29.8 Å². The molecule has 3 rings (SSSR count). The molecule has 0 aliphatic heterocycles. The van der Waals surface area contributed by atoms with E-state index in [2.05, 4.69) is 24.6 Å². The van der Waals surface area contributed by atoms with E-state index in [0.717, 1.165) is 5.56 Å². The quantitative estimate of drug-likeness (QED) is 0.540. The van der Waals surface area contributed by atoms with E-state index in [9.17, 15) is 4.39 Å². The largest absolute Gasteiger partial charge is 0.496 e. The molecule has 2 aromatic carbocycles. The molecule has 154 valence electrons. The molecule has 1 unspecified atom stereocenters. The van der Waals surface area contributed by atoms with E-state index in [-0.39, 0.29) is 6.61 Å². The highest BCUT2D eigenvalue weighted by Crippen LogP contribution is 2.28. The summed E-state index contributed by atoms with van der Waals surface area (Å²) in [5.74, 6) is 0.551. The van der Waals surface area contributed by atoms with Gasteiger partial charge in [-0.1, -0.05) is 16.5 Å². The van der Waals surface area contributed by atoms with Crippen molar-refractivity contribution in [2.45, 2.75) is 6.61 Å². The lowest BCUT2D eigenvalue weighted by Crippen LogP contribution is -2.02. The molecule has 1 N–H and O–H groups in total. The van der Waals surface area contributed by atoms with E-state index in [1.165, 1.54) is 32.7 Å². The second-order valence-electron chi connectivity index (χ2n) is 5.64. The van der Waals surface area contributed by atoms with E-state index in [1.807, 2.05) is 24.3 Å². The number of halogens is 1. The SMILES string of the molecule is COc1cc(F)ccc1-c1ncnc(Nc2cccc(COS(=NC#N)OC)c2)n1. The molecule has 3 aromatic rings. The van der Waals surface area contributed by atoms with Crippen LogP contribution in [0.25, 0.3) is 11.4 Å². The first-order chi connectivity index (χ1) is 14.6. The number of nitrogens with zero attached hydrogens (tertiary/aromatic N) is 5. The number of ether oxygens (including phenoxy) is 1. The number of benzene rings is 2. The van der Waals surface area contributed by atoms with Crippen molar-refractivity contribution in [2.24, 2.45) is 4.36 Å². The number of hydrogen-bond donors (Lipinski definition) is 1. The third kappa shape index (κ3) is 5.54. The van der Waals surface area contributed by atoms with Crippen LogP contribution in [0.15, 0.2) is 53.2 Å². The van der Waals surface area contributed by atoms with Crippen LogP contribution in [0, 0.1) is 17.3 Å². The summed E-state index contributed by atoms with van der Waals surface area (Å²) >= 11 is -1.23. The van der Waals surface area contributed by atoms with Gasteiger partial charge >= 0.3 is 0 Å². The van der Waals surface area contributed by atoms with Crippen molar-refractivity contribution >= 4 is 22.9 Å². The zero-order valence-electron chi connectivity index (χ0n) is 16.1. The number of anilines is 2. The van der Waals surface area contributed by atoms with Crippen LogP contribution in [0.3, 0.4) is 0 Å². The van der Waals surface area contributed by atoms with Gasteiger partial charge < -0.3 is 10.1 Å². The van der Waals surface area contributed by atoms with Gasteiger partial charge in [0.05, 0.1) is 26.4 Å². The molecule has 1 aromatic heterocycles. The first-order valence-corrected chi connectivity index (χ1v) is 9.57. The monoisotopic (exact) mass is 428 g/mol. The lowest BCUT2D eigenvalue weighted by atomic mass is 10.2. The van der Waals surface area contributed by atoms with Gasteiger partial charge in [-0.25, -0.2) is 14.4 Å². The topological polar surface area (TPSA) is 115 Å². The molecule has 0 amide bonds. The Hall–Kier alpha value is -3.46. The molecule has 9 nitrogen and oxygen atoms in total. The fraction of sp³-hybridized carbons (Fsp3) is 0.158. The highest BCUT2D eigenvalue weighted by atomic mass is 32.2. The number of hydrogen-bond acceptors (Lipinski definition) is 9. The Balaban J connectivity index is 1.77. The molecule has 30 heavy (non-hydrogen) atoms. The van der Waals surface area contributed by atoms with Gasteiger partial charge in [0.25, 0.3) is 0 Å². The summed E-state index contributed by atoms with van der Waals surface area (Å²) in [7, 11) is 2.86. The fourth-order valence-corrected chi connectivity index (χ4v) is 2.99. The van der Waals surface area contributed by atoms with Gasteiger partial charge in [-0.3, -0.25) is 8.37 Å². The first kappa shape index (κ1) is 21.3. The first-order valence-electron chi connectivity index (χ1n) is 8.54. The van der Waals surface area contributed by atoms with Gasteiger partial charge in [0.2, 0.25) is 12.1 Å². The Morgan fingerprint density at radius 1 is 1.20 bits per heavy atom. The van der Waals surface area contributed by atoms with E-state index in [0.29, 0.717) is 28.8 Å². The molecule has 1 atom stereocenters. The third-order valence-electron chi connectivity index (χ3n) is 3.74. The van der Waals surface area contributed by atoms with Crippen molar-refractivity contribution in [3.8, 4) is 23.3 Å². The van der Waals surface area contributed by atoms with Crippen LogP contribution >= 0.6 is 0 Å². The molecule has 0 bridgehead atoms. The maximum Gasteiger partial charge on any atom is 0.230 e. The molecular formula is C19H17FN6O3S. The molecule has 0 aliphatic carbocycles. The van der Waals surface area contributed by atoms with Gasteiger partial charge in [0.1, 0.15) is 17.9 Å². The average molecular weight is 428 g/mol. The Kier molecular flexibility index (Phi) is 7.34. The maximum atomic E-state index is 13.4. The van der Waals surface area contributed by atoms with Crippen molar-refractivity contribution in [3.63, 3.8) is 0 Å². The number of rotatable bonds is 8. The van der Waals surface area contributed by atoms with Crippen LogP contribution in [0.5, 0.6) is 5.75 Å². The summed E-state index contributed by atoms with van der Waals surface area (Å²) < 4.78 is 32.6. The normalized spacial score (nSPS) is 11.7. The van der Waals surface area contributed by atoms with Crippen LogP contribution in [0.2, 0.25) is 0 Å². The van der Waals surface area contributed by atoms with Crippen LogP contribution in [0.4, 0.5) is 16.0 Å². The van der Waals surface area contributed by atoms with Gasteiger partial charge in [0, 0.05) is 11.8 Å². The van der Waals surface area contributed by atoms with Gasteiger partial charge in [0.15, 0.2) is 17.1 Å². The van der Waals surface area contributed by atoms with Crippen molar-refractivity contribution in [1.29, 1.82) is 5.26 Å². The molecule has 1 heterocycles. The smallest absolute Gasteiger partial charge is 0.230 e. The highest BCUT2D eigenvalue weighted by Gasteiger charge is 2.11. The number of nitrogens with one attached hydrogen (secondary N) is 1. The molecular weight excluding hydrogens is 411 g/mol. The van der Waals surface area contributed by atoms with Crippen LogP contribution in [-0.2, 0) is 26.2 Å². The van der Waals surface area contributed by atoms with E-state index >= 15 is 0 Å². The van der Waals surface area contributed by atoms with E-state index in [4.69, 9.17) is 18.4 Å². The summed E-state index contributed by atoms with van der Waals surface area (Å²) in [4.78, 5) is 12.7. The summed E-state index contributed by atoms with van der Waals surface area (Å²) in [6.07, 6.45) is 3.01. The summed E-state index contributed by atoms with van der Waals surface area (Å²) in [6.45, 7) is 0.201. The minimum absolute atomic E-state index is 0.201. The molecule has 0 radical (unpaired) electrons. The second kappa shape index (κ2) is 10.4. The Morgan fingerprint density at radius 3 is 2.83 bits per heavy atom. The Labute approximate surface area is 175 Å². The fourth-order valence-electron chi connectivity index (χ4n) is 2.47. The lowest BCUT2D eigenvalue weighted by Gasteiger charge is -2.10. The zero-order chi connectivity index (χ0) is 21.3. The Morgan fingerprint density at radius 2 is 2.07 bits per heavy atom. The maximum absolute atomic E-state index is 13.4. The standard InChI is InChI=1S/C19H17FN6O3S/c1-27-17-9-14(20)6-7-16(17)18-22-12-23-19(26-18)25-15-5-3-4-13(8-15)10-29-30(28-2)24-11-21/h3-9,12H,10H2,1-2H3,(H,22,23,25,26). The van der Waals surface area contributed by atoms with Gasteiger partial charge in [-0.15, -0.1) is 0 Å². The molecule has 0 spiro atoms. The van der Waals surface area contributed by atoms with Crippen molar-refractivity contribution in [2.75, 3.05) is 19.5 Å². The predicted molar refractivity (Wildman–Crippen MR) is 109 cm³/mol. The van der Waals surface area contributed by atoms with E-state index < -0.39 is 17.1 Å². The lowest BCUT2D eigenvalue weighted by molar-refractivity contribution is 0.298. The molecule has 0 saturated heterocycles. The molecule has 0 fully saturated rings. The molecule has 0 aliphatic rings. The Bertz CT molecular complexity index is 1110. The van der Waals surface area contributed by atoms with Gasteiger partial charge in [-0.2, -0.15) is 10.2 Å². The van der Waals surface area contributed by atoms with Crippen molar-refractivity contribution in [3.05, 3.63) is 60.2 Å². The minimum Gasteiger partial charge on any atom is -0.496 e. The summed E-state index contributed by atoms with van der Waals surface area (Å²) in [5, 5.41) is 11.7. The van der Waals surface area contributed by atoms with Crippen molar-refractivity contribution in [1.82, 2.24) is 15.0 Å². The zero-order valence-corrected chi connectivity index (χ0v) is 16.9. The van der Waals surface area contributed by atoms with Crippen LogP contribution < -0.4 is 10.1 Å². The summed E-state index contributed by atoms with van der Waals surface area (Å²) in [5.41, 5.74) is 2.09. The number of nitriles is 1. The van der Waals surface area contributed by atoms with Crippen LogP contribution in [-0.4, -0.2) is 29.2 Å². The molecule has 0 saturated carbocycles. The average Bonchev–Trinajstić information content (AvgIpc) is 2.77. The molecule has 11 heteroatoms. The predicted octanol–water partition coefficient (Wildman–Crippen LogP) is 3.71. The summed E-state index contributed by atoms with van der Waals surface area (Å²) in [6, 6.07) is 11.5. The third-order valence-corrected chi connectivity index (χ3v) is 4.58. The van der Waals surface area contributed by atoms with E-state index in [1.54, 1.807) is 12.3 Å². The highest BCUT2D eigenvalue weighted by molar-refractivity contribution is 7.77. The van der Waals surface area contributed by atoms with Crippen molar-refractivity contribution < 1.29 is 17.5 Å². The minimum atomic E-state index is -1.23.